The van der Waals surface area contributed by atoms with Crippen LogP contribution in [0.15, 0.2) is 30.4 Å². The molecule has 4 nitrogen and oxygen atoms in total. The molecule has 1 aromatic rings. The van der Waals surface area contributed by atoms with Crippen LogP contribution in [0.1, 0.15) is 25.0 Å². The van der Waals surface area contributed by atoms with Gasteiger partial charge in [-0.25, -0.2) is 0 Å². The van der Waals surface area contributed by atoms with Crippen molar-refractivity contribution in [2.24, 2.45) is 0 Å². The van der Waals surface area contributed by atoms with Gasteiger partial charge in [-0.2, -0.15) is 10.5 Å². The molecule has 0 heterocycles. The zero-order valence-electron chi connectivity index (χ0n) is 12.3. The van der Waals surface area contributed by atoms with Crippen LogP contribution in [0, 0.1) is 22.7 Å². The minimum atomic E-state index is 0.0474. The quantitative estimate of drug-likeness (QED) is 0.565. The van der Waals surface area contributed by atoms with Gasteiger partial charge in [-0.15, -0.1) is 6.58 Å². The molecule has 0 unspecified atom stereocenters. The van der Waals surface area contributed by atoms with Gasteiger partial charge in [-0.3, -0.25) is 0 Å². The highest BCUT2D eigenvalue weighted by Crippen LogP contribution is 2.34. The fraction of sp³-hybridized carbons (Fsp3) is 0.294. The third kappa shape index (κ3) is 4.40. The molecule has 0 amide bonds. The van der Waals surface area contributed by atoms with E-state index in [0.29, 0.717) is 31.1 Å². The summed E-state index contributed by atoms with van der Waals surface area (Å²) in [7, 11) is 0. The summed E-state index contributed by atoms with van der Waals surface area (Å²) in [5, 5.41) is 17.7. The van der Waals surface area contributed by atoms with E-state index < -0.39 is 0 Å². The molecule has 1 aromatic carbocycles. The van der Waals surface area contributed by atoms with Crippen molar-refractivity contribution in [3.8, 4) is 23.6 Å². The number of rotatable bonds is 7. The Morgan fingerprint density at radius 3 is 2.38 bits per heavy atom. The lowest BCUT2D eigenvalue weighted by molar-refractivity contribution is 0.285. The molecule has 0 spiro atoms. The first-order valence-electron chi connectivity index (χ1n) is 6.75. The third-order valence-corrected chi connectivity index (χ3v) is 2.66. The molecule has 0 saturated heterocycles. The molecule has 0 radical (unpaired) electrons. The average molecular weight is 282 g/mol. The van der Waals surface area contributed by atoms with E-state index in [9.17, 15) is 0 Å². The second-order valence-corrected chi connectivity index (χ2v) is 4.15. The number of ether oxygens (including phenoxy) is 2. The first-order valence-corrected chi connectivity index (χ1v) is 6.75. The van der Waals surface area contributed by atoms with E-state index in [1.165, 1.54) is 6.08 Å². The maximum atomic E-state index is 8.86. The summed E-state index contributed by atoms with van der Waals surface area (Å²) >= 11 is 0. The van der Waals surface area contributed by atoms with Crippen LogP contribution in [-0.2, 0) is 6.42 Å². The Hall–Kier alpha value is -2.72. The summed E-state index contributed by atoms with van der Waals surface area (Å²) in [5.74, 6) is 1.30. The van der Waals surface area contributed by atoms with Crippen molar-refractivity contribution in [3.05, 3.63) is 41.5 Å². The Bertz CT molecular complexity index is 603. The van der Waals surface area contributed by atoms with Gasteiger partial charge in [0.15, 0.2) is 11.5 Å². The van der Waals surface area contributed by atoms with E-state index in [2.05, 4.69) is 6.58 Å². The Morgan fingerprint density at radius 2 is 1.86 bits per heavy atom. The number of hydrogen-bond donors (Lipinski definition) is 0. The van der Waals surface area contributed by atoms with Crippen LogP contribution in [0.4, 0.5) is 0 Å². The first kappa shape index (κ1) is 16.3. The van der Waals surface area contributed by atoms with Crippen molar-refractivity contribution >= 4 is 6.08 Å². The van der Waals surface area contributed by atoms with Gasteiger partial charge in [-0.1, -0.05) is 6.08 Å². The molecule has 0 saturated carbocycles. The molecule has 0 fully saturated rings. The van der Waals surface area contributed by atoms with Crippen molar-refractivity contribution < 1.29 is 9.47 Å². The molecule has 0 bridgehead atoms. The molecule has 21 heavy (non-hydrogen) atoms. The number of nitrogens with zero attached hydrogens (tertiary/aromatic N) is 2. The van der Waals surface area contributed by atoms with Crippen LogP contribution in [0.5, 0.6) is 11.5 Å². The highest BCUT2D eigenvalue weighted by Gasteiger charge is 2.12. The van der Waals surface area contributed by atoms with Gasteiger partial charge in [0, 0.05) is 5.56 Å². The molecule has 0 N–H and O–H groups in total. The Balaban J connectivity index is 3.42. The smallest absolute Gasteiger partial charge is 0.164 e. The molecule has 1 rings (SSSR count). The standard InChI is InChI=1S/C17H18N2O2/c1-4-7-15-9-13(8-14(11-18)12-19)10-16(20-5-2)17(15)21-6-3/h4,8-10H,1,5-7H2,2-3H3. The molecule has 0 aliphatic carbocycles. The van der Waals surface area contributed by atoms with E-state index in [4.69, 9.17) is 20.0 Å². The van der Waals surface area contributed by atoms with Crippen LogP contribution in [0.3, 0.4) is 0 Å². The number of allylic oxidation sites excluding steroid dienone is 2. The minimum Gasteiger partial charge on any atom is -0.490 e. The van der Waals surface area contributed by atoms with E-state index in [-0.39, 0.29) is 5.57 Å². The number of nitriles is 2. The second kappa shape index (κ2) is 8.45. The fourth-order valence-corrected chi connectivity index (χ4v) is 1.90. The summed E-state index contributed by atoms with van der Waals surface area (Å²) in [6, 6.07) is 7.35. The molecule has 0 aliphatic rings. The Kier molecular flexibility index (Phi) is 6.57. The highest BCUT2D eigenvalue weighted by atomic mass is 16.5. The van der Waals surface area contributed by atoms with Crippen LogP contribution >= 0.6 is 0 Å². The van der Waals surface area contributed by atoms with E-state index >= 15 is 0 Å². The lowest BCUT2D eigenvalue weighted by Crippen LogP contribution is -2.02. The van der Waals surface area contributed by atoms with Gasteiger partial charge in [0.25, 0.3) is 0 Å². The van der Waals surface area contributed by atoms with Crippen LogP contribution < -0.4 is 9.47 Å². The number of benzene rings is 1. The van der Waals surface area contributed by atoms with Gasteiger partial charge in [0.05, 0.1) is 13.2 Å². The lowest BCUT2D eigenvalue weighted by atomic mass is 10.0. The largest absolute Gasteiger partial charge is 0.490 e. The summed E-state index contributed by atoms with van der Waals surface area (Å²) in [6.45, 7) is 8.57. The SMILES string of the molecule is C=CCc1cc(C=C(C#N)C#N)cc(OCC)c1OCC. The molecule has 108 valence electrons. The van der Waals surface area contributed by atoms with Crippen molar-refractivity contribution in [2.75, 3.05) is 13.2 Å². The molecular formula is C17H18N2O2. The maximum Gasteiger partial charge on any atom is 0.164 e. The predicted octanol–water partition coefficient (Wildman–Crippen LogP) is 3.64. The van der Waals surface area contributed by atoms with E-state index in [0.717, 1.165) is 11.1 Å². The Labute approximate surface area is 125 Å². The minimum absolute atomic E-state index is 0.0474. The lowest BCUT2D eigenvalue weighted by Gasteiger charge is -2.15. The van der Waals surface area contributed by atoms with Crippen molar-refractivity contribution in [3.63, 3.8) is 0 Å². The summed E-state index contributed by atoms with van der Waals surface area (Å²) < 4.78 is 11.3. The van der Waals surface area contributed by atoms with Crippen LogP contribution in [0.25, 0.3) is 6.08 Å². The van der Waals surface area contributed by atoms with Crippen molar-refractivity contribution in [2.45, 2.75) is 20.3 Å². The van der Waals surface area contributed by atoms with E-state index in [1.807, 2.05) is 32.1 Å². The second-order valence-electron chi connectivity index (χ2n) is 4.15. The number of hydrogen-bond acceptors (Lipinski definition) is 4. The molecule has 0 atom stereocenters. The topological polar surface area (TPSA) is 66.0 Å². The van der Waals surface area contributed by atoms with Gasteiger partial charge >= 0.3 is 0 Å². The molecule has 0 aliphatic heterocycles. The fourth-order valence-electron chi connectivity index (χ4n) is 1.90. The summed E-state index contributed by atoms with van der Waals surface area (Å²) in [5.41, 5.74) is 1.70. The monoisotopic (exact) mass is 282 g/mol. The van der Waals surface area contributed by atoms with Crippen LogP contribution in [0.2, 0.25) is 0 Å². The first-order chi connectivity index (χ1) is 10.2. The van der Waals surface area contributed by atoms with Gasteiger partial charge < -0.3 is 9.47 Å². The summed E-state index contributed by atoms with van der Waals surface area (Å²) in [4.78, 5) is 0. The predicted molar refractivity (Wildman–Crippen MR) is 81.9 cm³/mol. The Morgan fingerprint density at radius 1 is 1.19 bits per heavy atom. The van der Waals surface area contributed by atoms with Gasteiger partial charge in [0.1, 0.15) is 17.7 Å². The zero-order chi connectivity index (χ0) is 15.7. The maximum absolute atomic E-state index is 8.86. The molecule has 4 heteroatoms. The third-order valence-electron chi connectivity index (χ3n) is 2.66. The highest BCUT2D eigenvalue weighted by molar-refractivity contribution is 5.66. The molecule has 0 aromatic heterocycles. The van der Waals surface area contributed by atoms with Gasteiger partial charge in [-0.05, 0) is 44.0 Å². The molecular weight excluding hydrogens is 264 g/mol. The zero-order valence-corrected chi connectivity index (χ0v) is 12.3. The van der Waals surface area contributed by atoms with Crippen molar-refractivity contribution in [1.82, 2.24) is 0 Å². The van der Waals surface area contributed by atoms with E-state index in [1.54, 1.807) is 12.1 Å². The average Bonchev–Trinajstić information content (AvgIpc) is 2.48. The normalized spacial score (nSPS) is 9.14. The van der Waals surface area contributed by atoms with Crippen molar-refractivity contribution in [1.29, 1.82) is 10.5 Å². The summed E-state index contributed by atoms with van der Waals surface area (Å²) in [6.07, 6.45) is 3.92. The van der Waals surface area contributed by atoms with Gasteiger partial charge in [0.2, 0.25) is 0 Å². The van der Waals surface area contributed by atoms with Crippen LogP contribution in [-0.4, -0.2) is 13.2 Å².